The van der Waals surface area contributed by atoms with Crippen LogP contribution in [0.5, 0.6) is 0 Å². The number of amides is 1. The number of carbonyl (C=O) groups is 1. The van der Waals surface area contributed by atoms with Crippen molar-refractivity contribution in [3.05, 3.63) is 72.7 Å². The number of H-pyrrole nitrogens is 2. The maximum absolute atomic E-state index is 13.1. The molecule has 2 aliphatic heterocycles. The van der Waals surface area contributed by atoms with Gasteiger partial charge in [-0.15, -0.1) is 0 Å². The van der Waals surface area contributed by atoms with Crippen molar-refractivity contribution >= 4 is 38.7 Å². The molecule has 9 heteroatoms. The number of carbonyl (C=O) groups excluding carboxylic acids is 1. The molecule has 0 saturated carbocycles. The fourth-order valence-corrected chi connectivity index (χ4v) is 5.61. The molecule has 0 radical (unpaired) electrons. The number of hydrogen-bond donors (Lipinski definition) is 3. The van der Waals surface area contributed by atoms with E-state index in [0.717, 1.165) is 58.7 Å². The summed E-state index contributed by atoms with van der Waals surface area (Å²) in [5.74, 6) is 0.633. The lowest BCUT2D eigenvalue weighted by molar-refractivity contribution is 0.0794. The average Bonchev–Trinajstić information content (AvgIpc) is 3.82. The maximum Gasteiger partial charge on any atom is 0.256 e. The van der Waals surface area contributed by atoms with Gasteiger partial charge in [-0.3, -0.25) is 14.9 Å². The van der Waals surface area contributed by atoms with Crippen LogP contribution in [0.2, 0.25) is 0 Å². The predicted octanol–water partition coefficient (Wildman–Crippen LogP) is 5.32. The number of nitrogens with one attached hydrogen (secondary N) is 3. The fourth-order valence-electron chi connectivity index (χ4n) is 5.61. The van der Waals surface area contributed by atoms with Crippen molar-refractivity contribution < 1.29 is 4.79 Å². The summed E-state index contributed by atoms with van der Waals surface area (Å²) in [6.07, 6.45) is 10.4. The Morgan fingerprint density at radius 1 is 0.875 bits per heavy atom. The minimum absolute atomic E-state index is 0.0328. The van der Waals surface area contributed by atoms with Gasteiger partial charge in [-0.1, -0.05) is 30.3 Å². The van der Waals surface area contributed by atoms with Crippen molar-refractivity contribution in [2.24, 2.45) is 0 Å². The molecule has 2 saturated heterocycles. The monoisotopic (exact) mass is 530 g/mol. The maximum atomic E-state index is 13.1. The van der Waals surface area contributed by atoms with Gasteiger partial charge >= 0.3 is 0 Å². The van der Waals surface area contributed by atoms with E-state index in [1.54, 1.807) is 0 Å². The van der Waals surface area contributed by atoms with Crippen LogP contribution in [0, 0.1) is 0 Å². The lowest BCUT2D eigenvalue weighted by Crippen LogP contribution is -2.27. The number of para-hydroxylation sites is 1. The molecule has 40 heavy (non-hydrogen) atoms. The number of nitrogens with zero attached hydrogens (tertiary/aromatic N) is 5. The SMILES string of the molecule is C1CCNC1.O=C(c1cccc2[nH]c(-c3n[nH]c4ncc(-c5cncc6ccccc56)cc34)nc12)N1CCCC1. The molecule has 8 rings (SSSR count). The molecule has 0 spiro atoms. The first-order valence-corrected chi connectivity index (χ1v) is 13.9. The molecular weight excluding hydrogens is 500 g/mol. The number of fused-ring (bicyclic) bond motifs is 3. The third kappa shape index (κ3) is 4.48. The molecule has 2 fully saturated rings. The Morgan fingerprint density at radius 2 is 1.73 bits per heavy atom. The van der Waals surface area contributed by atoms with E-state index in [2.05, 4.69) is 48.7 Å². The summed E-state index contributed by atoms with van der Waals surface area (Å²) in [6.45, 7) is 4.10. The van der Waals surface area contributed by atoms with Crippen molar-refractivity contribution in [1.29, 1.82) is 0 Å². The van der Waals surface area contributed by atoms with Crippen molar-refractivity contribution in [3.8, 4) is 22.6 Å². The summed E-state index contributed by atoms with van der Waals surface area (Å²) in [4.78, 5) is 32.2. The van der Waals surface area contributed by atoms with Crippen LogP contribution in [-0.2, 0) is 0 Å². The lowest BCUT2D eigenvalue weighted by atomic mass is 10.0. The van der Waals surface area contributed by atoms with Crippen molar-refractivity contribution in [1.82, 2.24) is 40.3 Å². The zero-order valence-corrected chi connectivity index (χ0v) is 22.2. The van der Waals surface area contributed by atoms with Gasteiger partial charge in [0.05, 0.1) is 16.5 Å². The summed E-state index contributed by atoms with van der Waals surface area (Å²) in [5, 5.41) is 13.8. The Balaban J connectivity index is 0.000000480. The van der Waals surface area contributed by atoms with Crippen LogP contribution in [0.3, 0.4) is 0 Å². The van der Waals surface area contributed by atoms with E-state index < -0.39 is 0 Å². The molecule has 0 aliphatic carbocycles. The Labute approximate surface area is 231 Å². The molecule has 0 bridgehead atoms. The first-order chi connectivity index (χ1) is 19.8. The van der Waals surface area contributed by atoms with Gasteiger partial charge in [0.1, 0.15) is 11.2 Å². The Morgan fingerprint density at radius 3 is 2.55 bits per heavy atom. The molecule has 6 heterocycles. The van der Waals surface area contributed by atoms with Gasteiger partial charge in [0.2, 0.25) is 0 Å². The predicted molar refractivity (Wildman–Crippen MR) is 157 cm³/mol. The largest absolute Gasteiger partial charge is 0.339 e. The van der Waals surface area contributed by atoms with Crippen LogP contribution in [-0.4, -0.2) is 67.1 Å². The molecular formula is C31H30N8O. The summed E-state index contributed by atoms with van der Waals surface area (Å²) < 4.78 is 0. The molecule has 3 N–H and O–H groups in total. The normalized spacial score (nSPS) is 15.2. The Bertz CT molecular complexity index is 1820. The van der Waals surface area contributed by atoms with Gasteiger partial charge in [0.25, 0.3) is 5.91 Å². The Hall–Kier alpha value is -4.63. The van der Waals surface area contributed by atoms with Crippen molar-refractivity contribution in [3.63, 3.8) is 0 Å². The molecule has 200 valence electrons. The second-order valence-electron chi connectivity index (χ2n) is 10.3. The molecule has 2 aromatic carbocycles. The smallest absolute Gasteiger partial charge is 0.256 e. The van der Waals surface area contributed by atoms with E-state index in [9.17, 15) is 4.79 Å². The van der Waals surface area contributed by atoms with Crippen LogP contribution < -0.4 is 5.32 Å². The van der Waals surface area contributed by atoms with E-state index in [4.69, 9.17) is 4.98 Å². The number of aromatic amines is 2. The number of likely N-dealkylation sites (tertiary alicyclic amines) is 1. The summed E-state index contributed by atoms with van der Waals surface area (Å²) in [6, 6.07) is 15.9. The van der Waals surface area contributed by atoms with Crippen molar-refractivity contribution in [2.75, 3.05) is 26.2 Å². The zero-order chi connectivity index (χ0) is 26.9. The number of pyridine rings is 2. The van der Waals surface area contributed by atoms with Crippen LogP contribution in [0.25, 0.3) is 55.5 Å². The first kappa shape index (κ1) is 24.4. The highest BCUT2D eigenvalue weighted by molar-refractivity contribution is 6.06. The van der Waals surface area contributed by atoms with E-state index in [0.29, 0.717) is 28.2 Å². The number of rotatable bonds is 3. The van der Waals surface area contributed by atoms with Crippen LogP contribution >= 0.6 is 0 Å². The third-order valence-electron chi connectivity index (χ3n) is 7.71. The molecule has 9 nitrogen and oxygen atoms in total. The molecule has 0 unspecified atom stereocenters. The van der Waals surface area contributed by atoms with E-state index in [1.807, 2.05) is 53.8 Å². The molecule has 0 atom stereocenters. The second-order valence-corrected chi connectivity index (χ2v) is 10.3. The van der Waals surface area contributed by atoms with Gasteiger partial charge in [0.15, 0.2) is 11.5 Å². The van der Waals surface area contributed by atoms with Gasteiger partial charge in [-0.2, -0.15) is 5.10 Å². The van der Waals surface area contributed by atoms with E-state index in [-0.39, 0.29) is 5.91 Å². The minimum atomic E-state index is 0.0328. The first-order valence-electron chi connectivity index (χ1n) is 13.9. The summed E-state index contributed by atoms with van der Waals surface area (Å²) >= 11 is 0. The van der Waals surface area contributed by atoms with Gasteiger partial charge in [-0.05, 0) is 62.4 Å². The highest BCUT2D eigenvalue weighted by Gasteiger charge is 2.23. The van der Waals surface area contributed by atoms with Gasteiger partial charge < -0.3 is 15.2 Å². The third-order valence-corrected chi connectivity index (χ3v) is 7.71. The number of hydrogen-bond acceptors (Lipinski definition) is 6. The Kier molecular flexibility index (Phi) is 6.41. The second kappa shape index (κ2) is 10.5. The summed E-state index contributed by atoms with van der Waals surface area (Å²) in [7, 11) is 0. The van der Waals surface area contributed by atoms with Crippen LogP contribution in [0.15, 0.2) is 67.1 Å². The van der Waals surface area contributed by atoms with Crippen molar-refractivity contribution in [2.45, 2.75) is 25.7 Å². The standard InChI is InChI=1S/C27H21N7O.C4H9N/c35-27(34-10-3-4-11-34)19-8-5-9-22-23(19)31-26(30-22)24-20-12-17(14-29-25(20)33-32-24)21-15-28-13-16-6-1-2-7-18(16)21;1-2-4-5-3-1/h1-2,5-9,12-15H,3-4,10-11H2,(H,30,31)(H,29,32,33);5H,1-4H2. The zero-order valence-electron chi connectivity index (χ0n) is 22.2. The quantitative estimate of drug-likeness (QED) is 0.285. The fraction of sp³-hybridized carbons (Fsp3) is 0.258. The summed E-state index contributed by atoms with van der Waals surface area (Å²) in [5.41, 5.74) is 5.39. The lowest BCUT2D eigenvalue weighted by Gasteiger charge is -2.15. The highest BCUT2D eigenvalue weighted by Crippen LogP contribution is 2.32. The number of benzene rings is 2. The van der Waals surface area contributed by atoms with Gasteiger partial charge in [-0.25, -0.2) is 9.97 Å². The van der Waals surface area contributed by atoms with Crippen LogP contribution in [0.4, 0.5) is 0 Å². The molecule has 6 aromatic rings. The molecule has 4 aromatic heterocycles. The minimum Gasteiger partial charge on any atom is -0.339 e. The number of aromatic nitrogens is 6. The topological polar surface area (TPSA) is 115 Å². The number of imidazole rings is 1. The average molecular weight is 531 g/mol. The van der Waals surface area contributed by atoms with E-state index in [1.165, 1.54) is 25.9 Å². The molecule has 1 amide bonds. The molecule has 2 aliphatic rings. The van der Waals surface area contributed by atoms with E-state index >= 15 is 0 Å². The van der Waals surface area contributed by atoms with Gasteiger partial charge in [0, 0.05) is 48.2 Å². The highest BCUT2D eigenvalue weighted by atomic mass is 16.2. The van der Waals surface area contributed by atoms with Crippen LogP contribution in [0.1, 0.15) is 36.0 Å².